The van der Waals surface area contributed by atoms with Crippen LogP contribution in [0.15, 0.2) is 24.3 Å². The number of allylic oxidation sites excluding steroid dienone is 1. The number of benzene rings is 1. The quantitative estimate of drug-likeness (QED) is 0.751. The van der Waals surface area contributed by atoms with Gasteiger partial charge in [-0.15, -0.1) is 0 Å². The summed E-state index contributed by atoms with van der Waals surface area (Å²) < 4.78 is 0. The lowest BCUT2D eigenvalue weighted by molar-refractivity contribution is -0.139. The van der Waals surface area contributed by atoms with Crippen molar-refractivity contribution in [2.24, 2.45) is 23.7 Å². The molecule has 0 radical (unpaired) electrons. The zero-order valence-electron chi connectivity index (χ0n) is 17.7. The summed E-state index contributed by atoms with van der Waals surface area (Å²) in [5, 5.41) is 1.15. The molecule has 2 aliphatic heterocycles. The van der Waals surface area contributed by atoms with Crippen molar-refractivity contribution in [1.82, 2.24) is 9.88 Å². The third kappa shape index (κ3) is 2.76. The molecule has 0 bridgehead atoms. The van der Waals surface area contributed by atoms with Gasteiger partial charge in [0.15, 0.2) is 0 Å². The summed E-state index contributed by atoms with van der Waals surface area (Å²) in [6, 6.07) is 6.55. The Kier molecular flexibility index (Phi) is 4.16. The van der Waals surface area contributed by atoms with Crippen molar-refractivity contribution in [2.75, 3.05) is 0 Å². The number of aryl methyl sites for hydroxylation is 1. The number of carbonyl (C=O) groups is 2. The molecule has 0 saturated heterocycles. The molecule has 1 aromatic carbocycles. The molecule has 3 aliphatic rings. The number of fused-ring (bicyclic) bond motifs is 5. The lowest BCUT2D eigenvalue weighted by Gasteiger charge is -2.39. The molecule has 0 N–H and O–H groups in total. The van der Waals surface area contributed by atoms with Crippen LogP contribution in [0.1, 0.15) is 56.0 Å². The van der Waals surface area contributed by atoms with Gasteiger partial charge in [-0.05, 0) is 42.9 Å². The second-order valence-electron chi connectivity index (χ2n) is 9.48. The number of aromatic nitrogens is 1. The van der Waals surface area contributed by atoms with Crippen molar-refractivity contribution in [3.63, 3.8) is 0 Å². The first-order valence-corrected chi connectivity index (χ1v) is 10.8. The van der Waals surface area contributed by atoms with Crippen LogP contribution in [0.3, 0.4) is 0 Å². The molecule has 1 saturated carbocycles. The van der Waals surface area contributed by atoms with Crippen LogP contribution in [-0.2, 0) is 22.6 Å². The van der Waals surface area contributed by atoms with Crippen LogP contribution in [0, 0.1) is 30.6 Å². The summed E-state index contributed by atoms with van der Waals surface area (Å²) in [6.07, 6.45) is 4.37. The molecule has 1 amide bonds. The van der Waals surface area contributed by atoms with Crippen LogP contribution in [0.4, 0.5) is 0 Å². The Morgan fingerprint density at radius 3 is 2.79 bits per heavy atom. The summed E-state index contributed by atoms with van der Waals surface area (Å²) in [5.41, 5.74) is 6.61. The maximum Gasteiger partial charge on any atom is 0.231 e. The second-order valence-corrected chi connectivity index (χ2v) is 9.48. The summed E-state index contributed by atoms with van der Waals surface area (Å²) in [5.74, 6) is 0.864. The average molecular weight is 389 g/mol. The van der Waals surface area contributed by atoms with Crippen LogP contribution in [0.25, 0.3) is 16.6 Å². The fraction of sp³-hybridized carbons (Fsp3) is 0.480. The number of nitrogens with zero attached hydrogens (tertiary/aromatic N) is 2. The van der Waals surface area contributed by atoms with Crippen LogP contribution >= 0.6 is 0 Å². The van der Waals surface area contributed by atoms with Gasteiger partial charge in [0.1, 0.15) is 5.78 Å². The average Bonchev–Trinajstić information content (AvgIpc) is 3.04. The lowest BCUT2D eigenvalue weighted by Crippen LogP contribution is -2.45. The van der Waals surface area contributed by atoms with E-state index in [1.807, 2.05) is 11.8 Å². The van der Waals surface area contributed by atoms with Gasteiger partial charge >= 0.3 is 0 Å². The molecular weight excluding hydrogens is 360 g/mol. The second kappa shape index (κ2) is 6.51. The van der Waals surface area contributed by atoms with E-state index in [0.29, 0.717) is 25.3 Å². The molecular formula is C25H28N2O2. The minimum atomic E-state index is -0.0874. The summed E-state index contributed by atoms with van der Waals surface area (Å²) in [6.45, 7) is 9.20. The van der Waals surface area contributed by atoms with E-state index in [-0.39, 0.29) is 29.4 Å². The van der Waals surface area contributed by atoms with E-state index in [1.54, 1.807) is 0 Å². The Balaban J connectivity index is 1.67. The number of hydrogen-bond donors (Lipinski definition) is 0. The van der Waals surface area contributed by atoms with Crippen LogP contribution in [-0.4, -0.2) is 21.6 Å². The van der Waals surface area contributed by atoms with E-state index >= 15 is 0 Å². The van der Waals surface area contributed by atoms with E-state index in [9.17, 15) is 9.59 Å². The zero-order chi connectivity index (χ0) is 20.4. The normalized spacial score (nSPS) is 25.9. The van der Waals surface area contributed by atoms with E-state index in [4.69, 9.17) is 4.98 Å². The molecule has 4 nitrogen and oxygen atoms in total. The van der Waals surface area contributed by atoms with Gasteiger partial charge in [-0.3, -0.25) is 9.59 Å². The van der Waals surface area contributed by atoms with E-state index in [2.05, 4.69) is 45.0 Å². The third-order valence-electron chi connectivity index (χ3n) is 7.07. The Hall–Kier alpha value is -2.49. The molecule has 29 heavy (non-hydrogen) atoms. The van der Waals surface area contributed by atoms with Gasteiger partial charge in [-0.25, -0.2) is 4.98 Å². The van der Waals surface area contributed by atoms with Gasteiger partial charge in [0.05, 0.1) is 23.5 Å². The van der Waals surface area contributed by atoms with Gasteiger partial charge < -0.3 is 4.90 Å². The standard InChI is InChI=1S/C25H28N2O2/c1-13(2)9-19-14(3)5-6-16-10-17-12-27-21(24(17)26-23(16)19)11-20-15(4)22(28)8-7-18(20)25(27)29/h5-6,10-11,13,15,18,20H,7-9,12H2,1-4H3. The Bertz CT molecular complexity index is 1080. The highest BCUT2D eigenvalue weighted by Gasteiger charge is 2.46. The highest BCUT2D eigenvalue weighted by molar-refractivity contribution is 5.97. The Morgan fingerprint density at radius 1 is 1.24 bits per heavy atom. The molecule has 1 aliphatic carbocycles. The predicted molar refractivity (Wildman–Crippen MR) is 114 cm³/mol. The smallest absolute Gasteiger partial charge is 0.231 e. The maximum absolute atomic E-state index is 13.3. The molecule has 3 heterocycles. The molecule has 4 heteroatoms. The van der Waals surface area contributed by atoms with E-state index in [0.717, 1.165) is 34.3 Å². The molecule has 2 aromatic rings. The van der Waals surface area contributed by atoms with Crippen molar-refractivity contribution in [3.8, 4) is 0 Å². The first-order valence-electron chi connectivity index (χ1n) is 10.8. The zero-order valence-corrected chi connectivity index (χ0v) is 17.7. The van der Waals surface area contributed by atoms with Crippen LogP contribution in [0.2, 0.25) is 0 Å². The highest BCUT2D eigenvalue weighted by atomic mass is 16.2. The van der Waals surface area contributed by atoms with Crippen molar-refractivity contribution < 1.29 is 9.59 Å². The molecule has 5 rings (SSSR count). The number of Topliss-reactive ketones (excluding diaryl/α,β-unsaturated/α-hetero) is 1. The number of carbonyl (C=O) groups excluding carboxylic acids is 2. The van der Waals surface area contributed by atoms with Crippen LogP contribution in [0.5, 0.6) is 0 Å². The molecule has 1 aromatic heterocycles. The summed E-state index contributed by atoms with van der Waals surface area (Å²) in [4.78, 5) is 32.6. The van der Waals surface area contributed by atoms with Gasteiger partial charge in [0.2, 0.25) is 5.91 Å². The number of hydrogen-bond acceptors (Lipinski definition) is 3. The third-order valence-corrected chi connectivity index (χ3v) is 7.07. The van der Waals surface area contributed by atoms with Gasteiger partial charge in [0.25, 0.3) is 0 Å². The summed E-state index contributed by atoms with van der Waals surface area (Å²) >= 11 is 0. The van der Waals surface area contributed by atoms with Crippen LogP contribution < -0.4 is 0 Å². The minimum Gasteiger partial charge on any atom is -0.306 e. The molecule has 150 valence electrons. The lowest BCUT2D eigenvalue weighted by atomic mass is 9.69. The number of rotatable bonds is 2. The van der Waals surface area contributed by atoms with E-state index in [1.165, 1.54) is 11.1 Å². The topological polar surface area (TPSA) is 50.3 Å². The molecule has 1 fully saturated rings. The Labute approximate surface area is 172 Å². The van der Waals surface area contributed by atoms with Crippen molar-refractivity contribution in [1.29, 1.82) is 0 Å². The molecule has 3 atom stereocenters. The molecule has 3 unspecified atom stereocenters. The number of pyridine rings is 1. The van der Waals surface area contributed by atoms with Crippen molar-refractivity contribution in [2.45, 2.75) is 53.5 Å². The Morgan fingerprint density at radius 2 is 2.03 bits per heavy atom. The summed E-state index contributed by atoms with van der Waals surface area (Å²) in [7, 11) is 0. The fourth-order valence-electron chi connectivity index (χ4n) is 5.41. The molecule has 0 spiro atoms. The van der Waals surface area contributed by atoms with Gasteiger partial charge in [-0.2, -0.15) is 0 Å². The fourth-order valence-corrected chi connectivity index (χ4v) is 5.41. The minimum absolute atomic E-state index is 0.00564. The maximum atomic E-state index is 13.3. The SMILES string of the molecule is Cc1ccc2cc3c(nc2c1CC(C)C)C1=CC2C(C)C(=O)CCC2C(=O)N1C3. The number of ketones is 1. The van der Waals surface area contributed by atoms with Gasteiger partial charge in [0, 0.05) is 35.1 Å². The number of amides is 1. The monoisotopic (exact) mass is 388 g/mol. The predicted octanol–water partition coefficient (Wildman–Crippen LogP) is 4.67. The highest BCUT2D eigenvalue weighted by Crippen LogP contribution is 2.45. The largest absolute Gasteiger partial charge is 0.306 e. The van der Waals surface area contributed by atoms with Crippen molar-refractivity contribution in [3.05, 3.63) is 46.7 Å². The van der Waals surface area contributed by atoms with E-state index < -0.39 is 0 Å². The first-order chi connectivity index (χ1) is 13.8. The van der Waals surface area contributed by atoms with Crippen molar-refractivity contribution >= 4 is 28.3 Å². The first kappa shape index (κ1) is 18.5. The van der Waals surface area contributed by atoms with Gasteiger partial charge in [-0.1, -0.05) is 39.0 Å².